The lowest BCUT2D eigenvalue weighted by Crippen LogP contribution is -2.43. The number of aliphatic carboxylic acids is 1. The van der Waals surface area contributed by atoms with E-state index < -0.39 is 24.3 Å². The van der Waals surface area contributed by atoms with Crippen LogP contribution in [0.2, 0.25) is 5.02 Å². The molecule has 9 heteroatoms. The van der Waals surface area contributed by atoms with Crippen molar-refractivity contribution in [1.29, 1.82) is 0 Å². The minimum atomic E-state index is -1.41. The van der Waals surface area contributed by atoms with Crippen LogP contribution in [0.15, 0.2) is 29.2 Å². The molecule has 0 aliphatic carbocycles. The van der Waals surface area contributed by atoms with Crippen molar-refractivity contribution < 1.29 is 19.5 Å². The van der Waals surface area contributed by atoms with Gasteiger partial charge in [-0.2, -0.15) is 0 Å². The Morgan fingerprint density at radius 3 is 2.61 bits per heavy atom. The summed E-state index contributed by atoms with van der Waals surface area (Å²) in [4.78, 5) is 35.7. The molecule has 0 unspecified atom stereocenters. The van der Waals surface area contributed by atoms with Gasteiger partial charge >= 0.3 is 0 Å². The topological polar surface area (TPSA) is 89.5 Å². The number of amides is 2. The predicted octanol–water partition coefficient (Wildman–Crippen LogP) is 0.407. The highest BCUT2D eigenvalue weighted by atomic mass is 35.5. The summed E-state index contributed by atoms with van der Waals surface area (Å²) in [7, 11) is 0. The van der Waals surface area contributed by atoms with E-state index in [4.69, 9.17) is 23.8 Å². The summed E-state index contributed by atoms with van der Waals surface area (Å²) in [5, 5.41) is 13.0. The van der Waals surface area contributed by atoms with Gasteiger partial charge in [-0.05, 0) is 23.8 Å². The van der Waals surface area contributed by atoms with Crippen molar-refractivity contribution in [3.05, 3.63) is 39.8 Å². The normalized spacial score (nSPS) is 16.0. The van der Waals surface area contributed by atoms with Crippen molar-refractivity contribution in [2.24, 2.45) is 0 Å². The second-order valence-corrected chi connectivity index (χ2v) is 6.58. The molecule has 6 nitrogen and oxygen atoms in total. The van der Waals surface area contributed by atoms with E-state index in [2.05, 4.69) is 5.32 Å². The number of thiocarbonyl (C=S) groups is 1. The Morgan fingerprint density at radius 2 is 2.00 bits per heavy atom. The molecule has 1 fully saturated rings. The van der Waals surface area contributed by atoms with E-state index in [1.165, 1.54) is 0 Å². The molecule has 1 heterocycles. The number of carboxylic acids is 1. The molecular weight excluding hydrogens is 360 g/mol. The second kappa shape index (κ2) is 7.58. The lowest BCUT2D eigenvalue weighted by atomic mass is 10.2. The highest BCUT2D eigenvalue weighted by Crippen LogP contribution is 2.32. The molecular formula is C14H10ClN2O4S2-. The minimum Gasteiger partial charge on any atom is -0.548 e. The first kappa shape index (κ1) is 17.5. The van der Waals surface area contributed by atoms with Gasteiger partial charge in [0.25, 0.3) is 5.91 Å². The molecule has 1 N–H and O–H groups in total. The number of rotatable bonds is 5. The number of nitrogens with one attached hydrogen (secondary N) is 1. The third-order valence-electron chi connectivity index (χ3n) is 2.77. The van der Waals surface area contributed by atoms with E-state index in [9.17, 15) is 19.5 Å². The monoisotopic (exact) mass is 369 g/mol. The fraction of sp³-hybridized carbons (Fsp3) is 0.143. The number of halogens is 1. The summed E-state index contributed by atoms with van der Waals surface area (Å²) in [6.45, 7) is -0.954. The molecule has 0 radical (unpaired) electrons. The SMILES string of the molecule is O=C([O-])CNC(=O)CN1C(=O)/C(=C/c2ccc(Cl)cc2)SC1=S. The molecule has 0 saturated carbocycles. The summed E-state index contributed by atoms with van der Waals surface area (Å²) in [5.74, 6) is -2.44. The van der Waals surface area contributed by atoms with Crippen LogP contribution < -0.4 is 10.4 Å². The molecule has 0 atom stereocenters. The first-order valence-corrected chi connectivity index (χ1v) is 7.94. The van der Waals surface area contributed by atoms with Crippen molar-refractivity contribution in [2.45, 2.75) is 0 Å². The van der Waals surface area contributed by atoms with Gasteiger partial charge in [0.05, 0.1) is 17.4 Å². The standard InChI is InChI=1S/C14H11ClN2O4S2/c15-9-3-1-8(2-4-9)5-10-13(21)17(14(22)23-10)7-11(18)16-6-12(19)20/h1-5H,6-7H2,(H,16,18)(H,19,20)/p-1/b10-5-. The van der Waals surface area contributed by atoms with Crippen molar-refractivity contribution in [3.8, 4) is 0 Å². The molecule has 1 aromatic rings. The van der Waals surface area contributed by atoms with Crippen molar-refractivity contribution in [1.82, 2.24) is 10.2 Å². The van der Waals surface area contributed by atoms with Crippen molar-refractivity contribution in [2.75, 3.05) is 13.1 Å². The summed E-state index contributed by atoms with van der Waals surface area (Å²) in [6.07, 6.45) is 1.65. The fourth-order valence-corrected chi connectivity index (χ4v) is 3.10. The van der Waals surface area contributed by atoms with E-state index in [1.807, 2.05) is 0 Å². The maximum absolute atomic E-state index is 12.3. The predicted molar refractivity (Wildman–Crippen MR) is 89.3 cm³/mol. The average Bonchev–Trinajstić information content (AvgIpc) is 2.75. The summed E-state index contributed by atoms with van der Waals surface area (Å²) < 4.78 is 0.235. The molecule has 1 saturated heterocycles. The number of carbonyl (C=O) groups is 3. The average molecular weight is 370 g/mol. The molecule has 0 bridgehead atoms. The Morgan fingerprint density at radius 1 is 1.35 bits per heavy atom. The maximum atomic E-state index is 12.3. The number of hydrogen-bond acceptors (Lipinski definition) is 6. The zero-order valence-electron chi connectivity index (χ0n) is 11.6. The van der Waals surface area contributed by atoms with Crippen LogP contribution >= 0.6 is 35.6 Å². The van der Waals surface area contributed by atoms with Gasteiger partial charge in [0.1, 0.15) is 10.9 Å². The molecule has 0 spiro atoms. The Labute approximate surface area is 146 Å². The van der Waals surface area contributed by atoms with Gasteiger partial charge in [0.2, 0.25) is 5.91 Å². The number of hydrogen-bond donors (Lipinski definition) is 1. The second-order valence-electron chi connectivity index (χ2n) is 4.47. The van der Waals surface area contributed by atoms with Crippen LogP contribution in [0.3, 0.4) is 0 Å². The smallest absolute Gasteiger partial charge is 0.266 e. The van der Waals surface area contributed by atoms with Gasteiger partial charge in [0.15, 0.2) is 0 Å². The molecule has 2 amide bonds. The van der Waals surface area contributed by atoms with E-state index in [0.717, 1.165) is 22.2 Å². The molecule has 2 rings (SSSR count). The number of carbonyl (C=O) groups excluding carboxylic acids is 3. The van der Waals surface area contributed by atoms with E-state index >= 15 is 0 Å². The largest absolute Gasteiger partial charge is 0.548 e. The van der Waals surface area contributed by atoms with Crippen LogP contribution in [-0.2, 0) is 14.4 Å². The van der Waals surface area contributed by atoms with Gasteiger partial charge < -0.3 is 15.2 Å². The number of thioether (sulfide) groups is 1. The quantitative estimate of drug-likeness (QED) is 0.597. The summed E-state index contributed by atoms with van der Waals surface area (Å²) in [5.41, 5.74) is 0.774. The first-order valence-electron chi connectivity index (χ1n) is 6.34. The van der Waals surface area contributed by atoms with Crippen LogP contribution in [0.5, 0.6) is 0 Å². The van der Waals surface area contributed by atoms with Gasteiger partial charge in [-0.25, -0.2) is 0 Å². The molecule has 23 heavy (non-hydrogen) atoms. The number of nitrogens with zero attached hydrogens (tertiary/aromatic N) is 1. The van der Waals surface area contributed by atoms with Crippen molar-refractivity contribution in [3.63, 3.8) is 0 Å². The third kappa shape index (κ3) is 4.78. The van der Waals surface area contributed by atoms with Gasteiger partial charge in [-0.15, -0.1) is 0 Å². The molecule has 120 valence electrons. The lowest BCUT2D eigenvalue weighted by molar-refractivity contribution is -0.304. The Hall–Kier alpha value is -1.90. The van der Waals surface area contributed by atoms with Crippen LogP contribution in [0, 0.1) is 0 Å². The van der Waals surface area contributed by atoms with Crippen LogP contribution in [0.25, 0.3) is 6.08 Å². The summed E-state index contributed by atoms with van der Waals surface area (Å²) in [6, 6.07) is 6.89. The fourth-order valence-electron chi connectivity index (χ4n) is 1.72. The number of carboxylic acid groups (broad SMARTS) is 1. The van der Waals surface area contributed by atoms with E-state index in [0.29, 0.717) is 9.93 Å². The lowest BCUT2D eigenvalue weighted by Gasteiger charge is -2.14. The van der Waals surface area contributed by atoms with Crippen LogP contribution in [0.1, 0.15) is 5.56 Å². The van der Waals surface area contributed by atoms with Crippen LogP contribution in [0.4, 0.5) is 0 Å². The Balaban J connectivity index is 2.06. The first-order chi connectivity index (χ1) is 10.9. The molecule has 0 aromatic heterocycles. The van der Waals surface area contributed by atoms with Gasteiger partial charge in [-0.3, -0.25) is 14.5 Å². The Bertz CT molecular complexity index is 703. The van der Waals surface area contributed by atoms with Gasteiger partial charge in [-0.1, -0.05) is 47.7 Å². The molecule has 1 aliphatic heterocycles. The highest BCUT2D eigenvalue weighted by molar-refractivity contribution is 8.26. The van der Waals surface area contributed by atoms with E-state index in [-0.39, 0.29) is 10.9 Å². The maximum Gasteiger partial charge on any atom is 0.266 e. The van der Waals surface area contributed by atoms with Crippen LogP contribution in [-0.4, -0.2) is 40.1 Å². The minimum absolute atomic E-state index is 0.235. The third-order valence-corrected chi connectivity index (χ3v) is 4.40. The highest BCUT2D eigenvalue weighted by Gasteiger charge is 2.33. The van der Waals surface area contributed by atoms with Gasteiger partial charge in [0, 0.05) is 5.02 Å². The zero-order valence-corrected chi connectivity index (χ0v) is 14.0. The number of benzene rings is 1. The van der Waals surface area contributed by atoms with E-state index in [1.54, 1.807) is 30.3 Å². The zero-order chi connectivity index (χ0) is 17.0. The van der Waals surface area contributed by atoms with Crippen molar-refractivity contribution >= 4 is 63.8 Å². The Kier molecular flexibility index (Phi) is 5.75. The molecule has 1 aliphatic rings. The summed E-state index contributed by atoms with van der Waals surface area (Å²) >= 11 is 12.0. The molecule has 1 aromatic carbocycles.